The van der Waals surface area contributed by atoms with E-state index in [1.54, 1.807) is 18.2 Å². The van der Waals surface area contributed by atoms with Gasteiger partial charge in [-0.1, -0.05) is 12.1 Å². The van der Waals surface area contributed by atoms with Crippen LogP contribution in [0.3, 0.4) is 0 Å². The largest absolute Gasteiger partial charge is 0.332 e. The van der Waals surface area contributed by atoms with Crippen LogP contribution in [-0.4, -0.2) is 13.5 Å². The minimum Gasteiger partial charge on any atom is -0.332 e. The summed E-state index contributed by atoms with van der Waals surface area (Å²) in [7, 11) is -3.73. The van der Waals surface area contributed by atoms with Crippen molar-refractivity contribution in [2.75, 3.05) is 10.6 Å². The Morgan fingerprint density at radius 1 is 1.05 bits per heavy atom. The summed E-state index contributed by atoms with van der Waals surface area (Å²) >= 11 is 5.05. The van der Waals surface area contributed by atoms with E-state index in [1.807, 2.05) is 0 Å². The van der Waals surface area contributed by atoms with Crippen molar-refractivity contribution < 1.29 is 12.8 Å². The van der Waals surface area contributed by atoms with E-state index < -0.39 is 15.8 Å². The number of hydrogen-bond acceptors (Lipinski definition) is 3. The Balaban J connectivity index is 2.05. The molecule has 0 saturated carbocycles. The molecule has 0 saturated heterocycles. The number of rotatable bonds is 3. The minimum absolute atomic E-state index is 0.000955. The second-order valence-electron chi connectivity index (χ2n) is 4.13. The van der Waals surface area contributed by atoms with Gasteiger partial charge in [-0.3, -0.25) is 0 Å². The van der Waals surface area contributed by atoms with Crippen molar-refractivity contribution in [1.29, 1.82) is 0 Å². The number of hydrogen-bond donors (Lipinski definition) is 3. The monoisotopic (exact) mass is 325 g/mol. The zero-order chi connectivity index (χ0) is 15.5. The molecule has 4 N–H and O–H groups in total. The molecule has 0 atom stereocenters. The molecule has 0 aliphatic rings. The molecular formula is C13H12FN3O2S2. The highest BCUT2D eigenvalue weighted by atomic mass is 32.2. The number of nitrogens with one attached hydrogen (secondary N) is 2. The van der Waals surface area contributed by atoms with Crippen molar-refractivity contribution >= 4 is 38.7 Å². The Kier molecular flexibility index (Phi) is 4.51. The summed E-state index contributed by atoms with van der Waals surface area (Å²) in [5.74, 6) is -0.425. The highest BCUT2D eigenvalue weighted by Crippen LogP contribution is 2.15. The molecule has 0 heterocycles. The number of thiocarbonyl (C=S) groups is 1. The van der Waals surface area contributed by atoms with Crippen molar-refractivity contribution in [2.24, 2.45) is 5.14 Å². The molecule has 0 spiro atoms. The number of benzene rings is 2. The zero-order valence-corrected chi connectivity index (χ0v) is 12.3. The summed E-state index contributed by atoms with van der Waals surface area (Å²) in [6.45, 7) is 0. The van der Waals surface area contributed by atoms with Gasteiger partial charge in [0, 0.05) is 5.69 Å². The first-order valence-electron chi connectivity index (χ1n) is 5.81. The third-order valence-electron chi connectivity index (χ3n) is 2.56. The first kappa shape index (κ1) is 15.4. The highest BCUT2D eigenvalue weighted by Gasteiger charge is 2.07. The van der Waals surface area contributed by atoms with Gasteiger partial charge in [0.15, 0.2) is 5.11 Å². The minimum atomic E-state index is -3.73. The molecular weight excluding hydrogens is 313 g/mol. The van der Waals surface area contributed by atoms with Crippen LogP contribution in [0, 0.1) is 5.82 Å². The number of anilines is 2. The van der Waals surface area contributed by atoms with E-state index >= 15 is 0 Å². The van der Waals surface area contributed by atoms with Gasteiger partial charge in [0.1, 0.15) is 5.82 Å². The van der Waals surface area contributed by atoms with Crippen molar-refractivity contribution in [3.63, 3.8) is 0 Å². The Bertz CT molecular complexity index is 761. The van der Waals surface area contributed by atoms with Gasteiger partial charge < -0.3 is 10.6 Å². The fraction of sp³-hybridized carbons (Fsp3) is 0. The Morgan fingerprint density at radius 3 is 2.24 bits per heavy atom. The predicted molar refractivity (Wildman–Crippen MR) is 84.1 cm³/mol. The van der Waals surface area contributed by atoms with Gasteiger partial charge >= 0.3 is 0 Å². The topological polar surface area (TPSA) is 84.2 Å². The van der Waals surface area contributed by atoms with Gasteiger partial charge in [0.2, 0.25) is 10.0 Å². The molecule has 5 nitrogen and oxygen atoms in total. The maximum atomic E-state index is 13.4. The molecule has 2 aromatic carbocycles. The molecule has 21 heavy (non-hydrogen) atoms. The van der Waals surface area contributed by atoms with Gasteiger partial charge in [0.25, 0.3) is 0 Å². The van der Waals surface area contributed by atoms with E-state index in [-0.39, 0.29) is 15.7 Å². The van der Waals surface area contributed by atoms with Gasteiger partial charge in [-0.25, -0.2) is 17.9 Å². The molecule has 2 rings (SSSR count). The van der Waals surface area contributed by atoms with Crippen LogP contribution in [0.1, 0.15) is 0 Å². The quantitative estimate of drug-likeness (QED) is 0.754. The van der Waals surface area contributed by atoms with Crippen molar-refractivity contribution in [3.05, 3.63) is 54.3 Å². The number of halogens is 1. The van der Waals surface area contributed by atoms with E-state index in [1.165, 1.54) is 30.3 Å². The fourth-order valence-electron chi connectivity index (χ4n) is 1.58. The van der Waals surface area contributed by atoms with Gasteiger partial charge in [0.05, 0.1) is 10.6 Å². The summed E-state index contributed by atoms with van der Waals surface area (Å²) in [5, 5.41) is 10.7. The molecule has 0 fully saturated rings. The predicted octanol–water partition coefficient (Wildman–Crippen LogP) is 2.28. The number of primary sulfonamides is 1. The molecule has 0 radical (unpaired) electrons. The van der Waals surface area contributed by atoms with Crippen LogP contribution >= 0.6 is 12.2 Å². The van der Waals surface area contributed by atoms with Crippen LogP contribution in [0.25, 0.3) is 0 Å². The highest BCUT2D eigenvalue weighted by molar-refractivity contribution is 7.89. The Labute approximate surface area is 127 Å². The SMILES string of the molecule is NS(=O)(=O)c1ccc(NC(=S)Nc2ccccc2F)cc1. The summed E-state index contributed by atoms with van der Waals surface area (Å²) < 4.78 is 35.7. The van der Waals surface area contributed by atoms with Crippen LogP contribution < -0.4 is 15.8 Å². The second kappa shape index (κ2) is 6.17. The lowest BCUT2D eigenvalue weighted by atomic mass is 10.3. The summed E-state index contributed by atoms with van der Waals surface area (Å²) in [6, 6.07) is 11.8. The Hall–Kier alpha value is -2.03. The first-order valence-corrected chi connectivity index (χ1v) is 7.77. The normalized spacial score (nSPS) is 11.0. The summed E-state index contributed by atoms with van der Waals surface area (Å²) in [4.78, 5) is 0.000955. The summed E-state index contributed by atoms with van der Waals surface area (Å²) in [6.07, 6.45) is 0. The molecule has 0 aliphatic carbocycles. The second-order valence-corrected chi connectivity index (χ2v) is 6.10. The fourth-order valence-corrected chi connectivity index (χ4v) is 2.32. The molecule has 8 heteroatoms. The zero-order valence-electron chi connectivity index (χ0n) is 10.7. The number of sulfonamides is 1. The molecule has 0 bridgehead atoms. The number of para-hydroxylation sites is 1. The maximum absolute atomic E-state index is 13.4. The van der Waals surface area contributed by atoms with E-state index in [4.69, 9.17) is 17.4 Å². The average molecular weight is 325 g/mol. The summed E-state index contributed by atoms with van der Waals surface area (Å²) in [5.41, 5.74) is 0.799. The third kappa shape index (κ3) is 4.22. The first-order chi connectivity index (χ1) is 9.86. The van der Waals surface area contributed by atoms with Gasteiger partial charge in [-0.2, -0.15) is 0 Å². The van der Waals surface area contributed by atoms with Gasteiger partial charge in [-0.15, -0.1) is 0 Å². The van der Waals surface area contributed by atoms with Gasteiger partial charge in [-0.05, 0) is 48.6 Å². The van der Waals surface area contributed by atoms with Crippen LogP contribution in [0.15, 0.2) is 53.4 Å². The smallest absolute Gasteiger partial charge is 0.238 e. The molecule has 2 aromatic rings. The number of nitrogens with two attached hydrogens (primary N) is 1. The lowest BCUT2D eigenvalue weighted by molar-refractivity contribution is 0.598. The molecule has 110 valence electrons. The van der Waals surface area contributed by atoms with Crippen LogP contribution in [0.4, 0.5) is 15.8 Å². The lowest BCUT2D eigenvalue weighted by Crippen LogP contribution is -2.20. The Morgan fingerprint density at radius 2 is 1.67 bits per heavy atom. The lowest BCUT2D eigenvalue weighted by Gasteiger charge is -2.11. The van der Waals surface area contributed by atoms with Crippen molar-refractivity contribution in [1.82, 2.24) is 0 Å². The van der Waals surface area contributed by atoms with Crippen LogP contribution in [0.2, 0.25) is 0 Å². The van der Waals surface area contributed by atoms with E-state index in [0.29, 0.717) is 5.69 Å². The average Bonchev–Trinajstić information content (AvgIpc) is 2.41. The molecule has 0 amide bonds. The molecule has 0 aromatic heterocycles. The van der Waals surface area contributed by atoms with Crippen molar-refractivity contribution in [3.8, 4) is 0 Å². The third-order valence-corrected chi connectivity index (χ3v) is 3.70. The maximum Gasteiger partial charge on any atom is 0.238 e. The van der Waals surface area contributed by atoms with Crippen LogP contribution in [0.5, 0.6) is 0 Å². The standard InChI is InChI=1S/C13H12FN3O2S2/c14-11-3-1-2-4-12(11)17-13(20)16-9-5-7-10(8-6-9)21(15,18)19/h1-8H,(H2,15,18,19)(H2,16,17,20). The molecule has 0 aliphatic heterocycles. The van der Waals surface area contributed by atoms with Crippen molar-refractivity contribution in [2.45, 2.75) is 4.90 Å². The van der Waals surface area contributed by atoms with E-state index in [9.17, 15) is 12.8 Å². The van der Waals surface area contributed by atoms with E-state index in [2.05, 4.69) is 10.6 Å². The molecule has 0 unspecified atom stereocenters. The van der Waals surface area contributed by atoms with Crippen LogP contribution in [-0.2, 0) is 10.0 Å². The van der Waals surface area contributed by atoms with E-state index in [0.717, 1.165) is 0 Å².